The Morgan fingerprint density at radius 2 is 1.95 bits per heavy atom. The van der Waals surface area contributed by atoms with Crippen LogP contribution in [0.1, 0.15) is 28.1 Å². The third-order valence-electron chi connectivity index (χ3n) is 3.50. The van der Waals surface area contributed by atoms with Gasteiger partial charge < -0.3 is 4.90 Å². The van der Waals surface area contributed by atoms with E-state index in [0.29, 0.717) is 11.4 Å². The van der Waals surface area contributed by atoms with Crippen molar-refractivity contribution in [1.82, 2.24) is 4.90 Å². The third-order valence-corrected chi connectivity index (χ3v) is 4.52. The van der Waals surface area contributed by atoms with Gasteiger partial charge in [-0.2, -0.15) is 0 Å². The second-order valence-electron chi connectivity index (χ2n) is 5.19. The third kappa shape index (κ3) is 3.14. The first-order chi connectivity index (χ1) is 10.5. The van der Waals surface area contributed by atoms with Gasteiger partial charge in [0.2, 0.25) is 0 Å². The van der Waals surface area contributed by atoms with Gasteiger partial charge in [0.25, 0.3) is 5.91 Å². The summed E-state index contributed by atoms with van der Waals surface area (Å²) in [4.78, 5) is 24.9. The maximum atomic E-state index is 13.0. The van der Waals surface area contributed by atoms with E-state index in [9.17, 15) is 19.3 Å². The first-order valence-corrected chi connectivity index (χ1v) is 7.66. The minimum atomic E-state index is -0.497. The molecule has 1 aromatic heterocycles. The zero-order chi connectivity index (χ0) is 15.7. The van der Waals surface area contributed by atoms with Crippen molar-refractivity contribution in [1.29, 1.82) is 0 Å². The summed E-state index contributed by atoms with van der Waals surface area (Å²) in [7, 11) is 0. The molecule has 1 aliphatic rings. The summed E-state index contributed by atoms with van der Waals surface area (Å²) in [5, 5.41) is 10.7. The number of rotatable bonds is 5. The molecule has 114 valence electrons. The minimum absolute atomic E-state index is 0.0409. The minimum Gasteiger partial charge on any atom is -0.331 e. The van der Waals surface area contributed by atoms with Crippen molar-refractivity contribution in [2.75, 3.05) is 0 Å². The zero-order valence-electron chi connectivity index (χ0n) is 11.6. The highest BCUT2D eigenvalue weighted by Gasteiger charge is 2.34. The van der Waals surface area contributed by atoms with E-state index in [1.807, 2.05) is 0 Å². The second kappa shape index (κ2) is 5.84. The van der Waals surface area contributed by atoms with Crippen molar-refractivity contribution in [2.45, 2.75) is 25.4 Å². The summed E-state index contributed by atoms with van der Waals surface area (Å²) in [6.07, 6.45) is 1.86. The Hall–Kier alpha value is -2.28. The Labute approximate surface area is 130 Å². The number of thiophene rings is 1. The monoisotopic (exact) mass is 320 g/mol. The van der Waals surface area contributed by atoms with Gasteiger partial charge in [-0.05, 0) is 36.6 Å². The highest BCUT2D eigenvalue weighted by molar-refractivity contribution is 7.17. The lowest BCUT2D eigenvalue weighted by molar-refractivity contribution is -0.380. The Balaban J connectivity index is 1.79. The van der Waals surface area contributed by atoms with Crippen molar-refractivity contribution < 1.29 is 14.1 Å². The maximum absolute atomic E-state index is 13.0. The Morgan fingerprint density at radius 1 is 1.27 bits per heavy atom. The largest absolute Gasteiger partial charge is 0.331 e. The van der Waals surface area contributed by atoms with Crippen LogP contribution < -0.4 is 0 Å². The predicted octanol–water partition coefficient (Wildman–Crippen LogP) is 3.60. The number of carbonyl (C=O) groups excluding carboxylic acids is 1. The van der Waals surface area contributed by atoms with Gasteiger partial charge in [0, 0.05) is 18.7 Å². The van der Waals surface area contributed by atoms with Crippen LogP contribution in [0.2, 0.25) is 0 Å². The predicted molar refractivity (Wildman–Crippen MR) is 80.3 cm³/mol. The number of hydrogen-bond donors (Lipinski definition) is 0. The van der Waals surface area contributed by atoms with E-state index in [4.69, 9.17) is 0 Å². The molecule has 1 aliphatic carbocycles. The fraction of sp³-hybridized carbons (Fsp3) is 0.267. The van der Waals surface area contributed by atoms with Gasteiger partial charge in [-0.1, -0.05) is 23.5 Å². The molecule has 0 radical (unpaired) electrons. The van der Waals surface area contributed by atoms with Crippen LogP contribution in [-0.4, -0.2) is 21.8 Å². The van der Waals surface area contributed by atoms with Crippen molar-refractivity contribution in [3.8, 4) is 0 Å². The van der Waals surface area contributed by atoms with Crippen LogP contribution in [0.3, 0.4) is 0 Å². The van der Waals surface area contributed by atoms with Crippen LogP contribution in [0.4, 0.5) is 9.39 Å². The summed E-state index contributed by atoms with van der Waals surface area (Å²) in [6.45, 7) is 0.384. The molecule has 0 N–H and O–H groups in total. The molecular weight excluding hydrogens is 307 g/mol. The molecule has 1 heterocycles. The maximum Gasteiger partial charge on any atom is 0.324 e. The van der Waals surface area contributed by atoms with Crippen molar-refractivity contribution >= 4 is 22.2 Å². The van der Waals surface area contributed by atoms with Gasteiger partial charge >= 0.3 is 5.00 Å². The van der Waals surface area contributed by atoms with Crippen molar-refractivity contribution in [3.05, 3.63) is 62.8 Å². The molecule has 22 heavy (non-hydrogen) atoms. The van der Waals surface area contributed by atoms with E-state index in [1.165, 1.54) is 24.3 Å². The van der Waals surface area contributed by atoms with E-state index in [-0.39, 0.29) is 22.8 Å². The van der Waals surface area contributed by atoms with E-state index in [2.05, 4.69) is 0 Å². The number of amides is 1. The normalized spacial score (nSPS) is 13.9. The smallest absolute Gasteiger partial charge is 0.324 e. The molecule has 0 bridgehead atoms. The van der Waals surface area contributed by atoms with Crippen LogP contribution in [-0.2, 0) is 6.54 Å². The fourth-order valence-corrected chi connectivity index (χ4v) is 3.00. The lowest BCUT2D eigenvalue weighted by atomic mass is 10.2. The van der Waals surface area contributed by atoms with Gasteiger partial charge in [0.15, 0.2) is 0 Å². The van der Waals surface area contributed by atoms with Gasteiger partial charge in [0.1, 0.15) is 5.82 Å². The molecular formula is C15H13FN2O3S. The highest BCUT2D eigenvalue weighted by Crippen LogP contribution is 2.32. The van der Waals surface area contributed by atoms with E-state index in [0.717, 1.165) is 29.7 Å². The second-order valence-corrected chi connectivity index (χ2v) is 6.25. The molecule has 7 heteroatoms. The summed E-state index contributed by atoms with van der Waals surface area (Å²) >= 11 is 0.885. The standard InChI is InChI=1S/C15H13FN2O3S/c16-11-3-1-10(2-4-11)9-17(12-5-6-12)15(19)13-7-8-14(22-13)18(20)21/h1-4,7-8,12H,5-6,9H2. The molecule has 1 fully saturated rings. The number of benzene rings is 1. The van der Waals surface area contributed by atoms with Crippen molar-refractivity contribution in [2.24, 2.45) is 0 Å². The van der Waals surface area contributed by atoms with Crippen LogP contribution in [0.25, 0.3) is 0 Å². The lowest BCUT2D eigenvalue weighted by Gasteiger charge is -2.21. The Morgan fingerprint density at radius 3 is 2.50 bits per heavy atom. The van der Waals surface area contributed by atoms with E-state index >= 15 is 0 Å². The number of carbonyl (C=O) groups is 1. The number of hydrogen-bond acceptors (Lipinski definition) is 4. The summed E-state index contributed by atoms with van der Waals surface area (Å²) in [5.41, 5.74) is 0.840. The Kier molecular flexibility index (Phi) is 3.89. The first-order valence-electron chi connectivity index (χ1n) is 6.84. The molecule has 0 atom stereocenters. The Bertz CT molecular complexity index is 710. The quantitative estimate of drug-likeness (QED) is 0.624. The van der Waals surface area contributed by atoms with E-state index in [1.54, 1.807) is 17.0 Å². The van der Waals surface area contributed by atoms with Crippen LogP contribution >= 0.6 is 11.3 Å². The van der Waals surface area contributed by atoms with Crippen LogP contribution in [0, 0.1) is 15.9 Å². The summed E-state index contributed by atoms with van der Waals surface area (Å²) in [5.74, 6) is -0.521. The molecule has 1 amide bonds. The average Bonchev–Trinajstić information content (AvgIpc) is 3.21. The fourth-order valence-electron chi connectivity index (χ4n) is 2.22. The summed E-state index contributed by atoms with van der Waals surface area (Å²) < 4.78 is 13.0. The number of nitro groups is 1. The molecule has 0 aliphatic heterocycles. The van der Waals surface area contributed by atoms with Gasteiger partial charge in [-0.3, -0.25) is 14.9 Å². The van der Waals surface area contributed by atoms with Gasteiger partial charge in [0.05, 0.1) is 9.80 Å². The molecule has 0 saturated heterocycles. The SMILES string of the molecule is O=C(c1ccc([N+](=O)[O-])s1)N(Cc1ccc(F)cc1)C1CC1. The molecule has 0 spiro atoms. The summed E-state index contributed by atoms with van der Waals surface area (Å²) in [6, 6.07) is 9.02. The lowest BCUT2D eigenvalue weighted by Crippen LogP contribution is -2.32. The molecule has 5 nitrogen and oxygen atoms in total. The number of nitrogens with zero attached hydrogens (tertiary/aromatic N) is 2. The van der Waals surface area contributed by atoms with Gasteiger partial charge in [-0.25, -0.2) is 4.39 Å². The topological polar surface area (TPSA) is 63.4 Å². The number of halogens is 1. The van der Waals surface area contributed by atoms with E-state index < -0.39 is 4.92 Å². The molecule has 1 saturated carbocycles. The molecule has 0 unspecified atom stereocenters. The molecule has 3 rings (SSSR count). The van der Waals surface area contributed by atoms with Crippen molar-refractivity contribution in [3.63, 3.8) is 0 Å². The first kappa shape index (κ1) is 14.6. The van der Waals surface area contributed by atoms with Crippen LogP contribution in [0.5, 0.6) is 0 Å². The van der Waals surface area contributed by atoms with Gasteiger partial charge in [-0.15, -0.1) is 0 Å². The average molecular weight is 320 g/mol. The molecule has 1 aromatic carbocycles. The zero-order valence-corrected chi connectivity index (χ0v) is 12.4. The molecule has 2 aromatic rings. The highest BCUT2D eigenvalue weighted by atomic mass is 32.1. The van der Waals surface area contributed by atoms with Crippen LogP contribution in [0.15, 0.2) is 36.4 Å².